The van der Waals surface area contributed by atoms with Crippen molar-refractivity contribution in [3.8, 4) is 0 Å². The minimum absolute atomic E-state index is 0.300. The van der Waals surface area contributed by atoms with Crippen LogP contribution >= 0.6 is 0 Å². The predicted octanol–water partition coefficient (Wildman–Crippen LogP) is 2.22. The fourth-order valence-electron chi connectivity index (χ4n) is 2.45. The second-order valence-electron chi connectivity index (χ2n) is 4.44. The van der Waals surface area contributed by atoms with Crippen molar-refractivity contribution < 1.29 is 9.53 Å². The van der Waals surface area contributed by atoms with Gasteiger partial charge in [-0.05, 0) is 19.8 Å². The van der Waals surface area contributed by atoms with Crippen molar-refractivity contribution in [3.63, 3.8) is 0 Å². The number of hydrogen-bond donors (Lipinski definition) is 2. The van der Waals surface area contributed by atoms with Crippen LogP contribution in [-0.4, -0.2) is 22.5 Å². The topological polar surface area (TPSA) is 81.0 Å². The van der Waals surface area contributed by atoms with E-state index in [1.165, 1.54) is 19.3 Å². The molecule has 17 heavy (non-hydrogen) atoms. The summed E-state index contributed by atoms with van der Waals surface area (Å²) in [5.41, 5.74) is 6.88. The van der Waals surface area contributed by atoms with Gasteiger partial charge in [0.1, 0.15) is 0 Å². The van der Waals surface area contributed by atoms with E-state index in [0.717, 1.165) is 18.5 Å². The molecule has 1 aromatic heterocycles. The zero-order valence-corrected chi connectivity index (χ0v) is 10.2. The first-order valence-corrected chi connectivity index (χ1v) is 6.25. The number of nitrogen functional groups attached to an aromatic ring is 1. The van der Waals surface area contributed by atoms with Gasteiger partial charge in [0.25, 0.3) is 0 Å². The van der Waals surface area contributed by atoms with Crippen molar-refractivity contribution in [2.45, 2.75) is 44.9 Å². The number of aromatic nitrogens is 2. The summed E-state index contributed by atoms with van der Waals surface area (Å²) in [5.74, 6) is 0.294. The van der Waals surface area contributed by atoms with Gasteiger partial charge in [-0.1, -0.05) is 19.3 Å². The van der Waals surface area contributed by atoms with Gasteiger partial charge in [0.05, 0.1) is 12.3 Å². The molecule has 0 aromatic carbocycles. The monoisotopic (exact) mass is 237 g/mol. The van der Waals surface area contributed by atoms with E-state index in [1.807, 2.05) is 0 Å². The Morgan fingerprint density at radius 1 is 1.47 bits per heavy atom. The van der Waals surface area contributed by atoms with Crippen molar-refractivity contribution in [1.29, 1.82) is 0 Å². The summed E-state index contributed by atoms with van der Waals surface area (Å²) in [7, 11) is 0. The highest BCUT2D eigenvalue weighted by Gasteiger charge is 2.25. The maximum absolute atomic E-state index is 11.8. The molecule has 1 heterocycles. The number of nitrogens with zero attached hydrogens (tertiary/aromatic N) is 1. The average molecular weight is 237 g/mol. The number of carbonyl (C=O) groups excluding carboxylic acids is 1. The number of H-pyrrole nitrogens is 1. The van der Waals surface area contributed by atoms with E-state index in [9.17, 15) is 4.79 Å². The van der Waals surface area contributed by atoms with Gasteiger partial charge < -0.3 is 15.5 Å². The Morgan fingerprint density at radius 3 is 2.82 bits per heavy atom. The molecular formula is C12H19N3O2. The number of esters is 1. The van der Waals surface area contributed by atoms with Gasteiger partial charge in [0, 0.05) is 5.92 Å². The van der Waals surface area contributed by atoms with E-state index >= 15 is 0 Å². The van der Waals surface area contributed by atoms with Crippen LogP contribution in [0.3, 0.4) is 0 Å². The summed E-state index contributed by atoms with van der Waals surface area (Å²) in [5, 5.41) is 0. The van der Waals surface area contributed by atoms with E-state index in [0.29, 0.717) is 24.2 Å². The summed E-state index contributed by atoms with van der Waals surface area (Å²) in [6.07, 6.45) is 5.86. The SMILES string of the molecule is CCOC(=O)c1nc(N)[nH]c1C1CCCCC1. The van der Waals surface area contributed by atoms with Crippen LogP contribution in [0.1, 0.15) is 61.1 Å². The second-order valence-corrected chi connectivity index (χ2v) is 4.44. The lowest BCUT2D eigenvalue weighted by Crippen LogP contribution is -2.13. The molecule has 1 aromatic rings. The molecule has 0 unspecified atom stereocenters. The number of anilines is 1. The van der Waals surface area contributed by atoms with E-state index in [2.05, 4.69) is 9.97 Å². The molecule has 1 aliphatic carbocycles. The van der Waals surface area contributed by atoms with Crippen LogP contribution in [0.5, 0.6) is 0 Å². The van der Waals surface area contributed by atoms with Gasteiger partial charge in [-0.25, -0.2) is 9.78 Å². The van der Waals surface area contributed by atoms with Gasteiger partial charge in [0.2, 0.25) is 0 Å². The van der Waals surface area contributed by atoms with Crippen LogP contribution < -0.4 is 5.73 Å². The van der Waals surface area contributed by atoms with E-state index in [-0.39, 0.29) is 5.97 Å². The Balaban J connectivity index is 2.22. The third-order valence-corrected chi connectivity index (χ3v) is 3.23. The molecule has 94 valence electrons. The highest BCUT2D eigenvalue weighted by Crippen LogP contribution is 2.33. The minimum Gasteiger partial charge on any atom is -0.461 e. The molecule has 1 saturated carbocycles. The number of hydrogen-bond acceptors (Lipinski definition) is 4. The molecule has 0 aliphatic heterocycles. The van der Waals surface area contributed by atoms with E-state index in [1.54, 1.807) is 6.92 Å². The lowest BCUT2D eigenvalue weighted by molar-refractivity contribution is 0.0518. The number of aromatic amines is 1. The Labute approximate surface area is 101 Å². The van der Waals surface area contributed by atoms with Gasteiger partial charge in [-0.2, -0.15) is 0 Å². The number of rotatable bonds is 3. The maximum Gasteiger partial charge on any atom is 0.358 e. The van der Waals surface area contributed by atoms with E-state index in [4.69, 9.17) is 10.5 Å². The first-order chi connectivity index (χ1) is 8.22. The molecule has 5 heteroatoms. The number of nitrogens with one attached hydrogen (secondary N) is 1. The lowest BCUT2D eigenvalue weighted by atomic mass is 9.86. The maximum atomic E-state index is 11.8. The molecule has 3 N–H and O–H groups in total. The molecule has 0 amide bonds. The van der Waals surface area contributed by atoms with Gasteiger partial charge in [0.15, 0.2) is 11.6 Å². The molecule has 0 bridgehead atoms. The van der Waals surface area contributed by atoms with Gasteiger partial charge in [-0.15, -0.1) is 0 Å². The summed E-state index contributed by atoms with van der Waals surface area (Å²) >= 11 is 0. The molecule has 1 aliphatic rings. The van der Waals surface area contributed by atoms with Crippen LogP contribution in [0.15, 0.2) is 0 Å². The fourth-order valence-corrected chi connectivity index (χ4v) is 2.45. The summed E-state index contributed by atoms with van der Waals surface area (Å²) in [6.45, 7) is 2.14. The van der Waals surface area contributed by atoms with Crippen molar-refractivity contribution in [2.24, 2.45) is 0 Å². The Hall–Kier alpha value is -1.52. The summed E-state index contributed by atoms with van der Waals surface area (Å²) in [4.78, 5) is 18.8. The van der Waals surface area contributed by atoms with Crippen molar-refractivity contribution in [1.82, 2.24) is 9.97 Å². The zero-order valence-electron chi connectivity index (χ0n) is 10.2. The first-order valence-electron chi connectivity index (χ1n) is 6.25. The van der Waals surface area contributed by atoms with Crippen LogP contribution in [0.2, 0.25) is 0 Å². The Morgan fingerprint density at radius 2 is 2.18 bits per heavy atom. The van der Waals surface area contributed by atoms with Crippen molar-refractivity contribution >= 4 is 11.9 Å². The normalized spacial score (nSPS) is 17.0. The molecule has 1 fully saturated rings. The standard InChI is InChI=1S/C12H19N3O2/c1-2-17-11(16)10-9(14-12(13)15-10)8-6-4-3-5-7-8/h8H,2-7H2,1H3,(H3,13,14,15). The van der Waals surface area contributed by atoms with E-state index < -0.39 is 0 Å². The largest absolute Gasteiger partial charge is 0.461 e. The molecule has 0 radical (unpaired) electrons. The number of ether oxygens (including phenoxy) is 1. The molecule has 0 spiro atoms. The van der Waals surface area contributed by atoms with Gasteiger partial charge >= 0.3 is 5.97 Å². The molecular weight excluding hydrogens is 218 g/mol. The second kappa shape index (κ2) is 5.21. The number of carbonyl (C=O) groups is 1. The zero-order chi connectivity index (χ0) is 12.3. The molecule has 2 rings (SSSR count). The highest BCUT2D eigenvalue weighted by atomic mass is 16.5. The van der Waals surface area contributed by atoms with Crippen LogP contribution in [-0.2, 0) is 4.74 Å². The molecule has 0 saturated heterocycles. The summed E-state index contributed by atoms with van der Waals surface area (Å²) in [6, 6.07) is 0. The smallest absolute Gasteiger partial charge is 0.358 e. The number of nitrogens with two attached hydrogens (primary N) is 1. The number of imidazole rings is 1. The lowest BCUT2D eigenvalue weighted by Gasteiger charge is -2.20. The predicted molar refractivity (Wildman–Crippen MR) is 64.8 cm³/mol. The van der Waals surface area contributed by atoms with Gasteiger partial charge in [-0.3, -0.25) is 0 Å². The highest BCUT2D eigenvalue weighted by molar-refractivity contribution is 5.89. The third kappa shape index (κ3) is 2.60. The first kappa shape index (κ1) is 12.0. The third-order valence-electron chi connectivity index (χ3n) is 3.23. The van der Waals surface area contributed by atoms with Crippen molar-refractivity contribution in [2.75, 3.05) is 12.3 Å². The van der Waals surface area contributed by atoms with Crippen molar-refractivity contribution in [3.05, 3.63) is 11.4 Å². The molecule has 5 nitrogen and oxygen atoms in total. The summed E-state index contributed by atoms with van der Waals surface area (Å²) < 4.78 is 5.00. The average Bonchev–Trinajstić information content (AvgIpc) is 2.73. The Kier molecular flexibility index (Phi) is 3.66. The molecule has 0 atom stereocenters. The van der Waals surface area contributed by atoms with Crippen LogP contribution in [0, 0.1) is 0 Å². The fraction of sp³-hybridized carbons (Fsp3) is 0.667. The van der Waals surface area contributed by atoms with Crippen LogP contribution in [0.25, 0.3) is 0 Å². The Bertz CT molecular complexity index is 394. The quantitative estimate of drug-likeness (QED) is 0.790. The minimum atomic E-state index is -0.374. The van der Waals surface area contributed by atoms with Crippen LogP contribution in [0.4, 0.5) is 5.95 Å².